The van der Waals surface area contributed by atoms with Gasteiger partial charge in [0.1, 0.15) is 5.82 Å². The molecular formula is C7H7ClN2O. The summed E-state index contributed by atoms with van der Waals surface area (Å²) >= 11 is 5.61. The lowest BCUT2D eigenvalue weighted by Gasteiger charge is -1.89. The van der Waals surface area contributed by atoms with Crippen LogP contribution in [0.3, 0.4) is 0 Å². The van der Waals surface area contributed by atoms with E-state index in [2.05, 4.69) is 10.3 Å². The van der Waals surface area contributed by atoms with Crippen LogP contribution in [0.15, 0.2) is 16.5 Å². The topological polar surface area (TPSA) is 41.0 Å². The van der Waals surface area contributed by atoms with Gasteiger partial charge in [-0.1, -0.05) is 0 Å². The van der Waals surface area contributed by atoms with Gasteiger partial charge in [0.05, 0.1) is 5.52 Å². The Morgan fingerprint density at radius 3 is 3.00 bits per heavy atom. The zero-order chi connectivity index (χ0) is 7.84. The van der Waals surface area contributed by atoms with Gasteiger partial charge in [-0.25, -0.2) is 0 Å². The van der Waals surface area contributed by atoms with Crippen LogP contribution in [0.1, 0.15) is 0 Å². The summed E-state index contributed by atoms with van der Waals surface area (Å²) in [6.07, 6.45) is 0. The second-order valence-electron chi connectivity index (χ2n) is 2.26. The summed E-state index contributed by atoms with van der Waals surface area (Å²) in [5.74, 6) is 0.926. The molecule has 0 aliphatic rings. The van der Waals surface area contributed by atoms with Crippen molar-refractivity contribution in [3.63, 3.8) is 0 Å². The van der Waals surface area contributed by atoms with Gasteiger partial charge in [-0.2, -0.15) is 0 Å². The number of nitrogens with one attached hydrogen (secondary N) is 2. The van der Waals surface area contributed by atoms with Crippen molar-refractivity contribution in [1.29, 1.82) is 0 Å². The normalized spacial score (nSPS) is 10.7. The second kappa shape index (κ2) is 2.20. The smallest absolute Gasteiger partial charge is 0.196 e. The zero-order valence-corrected chi connectivity index (χ0v) is 6.70. The molecule has 2 N–H and O–H groups in total. The number of anilines is 1. The SMILES string of the molecule is CNc1cc2oc(Cl)cc2[nH]1. The number of H-pyrrole nitrogens is 1. The number of aromatic nitrogens is 1. The number of hydrogen-bond acceptors (Lipinski definition) is 2. The van der Waals surface area contributed by atoms with E-state index in [0.717, 1.165) is 16.9 Å². The average molecular weight is 171 g/mol. The number of fused-ring (bicyclic) bond motifs is 1. The van der Waals surface area contributed by atoms with Crippen LogP contribution in [0.5, 0.6) is 0 Å². The van der Waals surface area contributed by atoms with E-state index in [4.69, 9.17) is 16.0 Å². The lowest BCUT2D eigenvalue weighted by atomic mass is 10.5. The van der Waals surface area contributed by atoms with Crippen molar-refractivity contribution in [1.82, 2.24) is 4.98 Å². The number of halogens is 1. The van der Waals surface area contributed by atoms with E-state index in [1.165, 1.54) is 0 Å². The van der Waals surface area contributed by atoms with Gasteiger partial charge < -0.3 is 14.7 Å². The van der Waals surface area contributed by atoms with Crippen molar-refractivity contribution in [2.24, 2.45) is 0 Å². The van der Waals surface area contributed by atoms with Gasteiger partial charge in [0, 0.05) is 19.2 Å². The largest absolute Gasteiger partial charge is 0.443 e. The molecule has 0 saturated carbocycles. The van der Waals surface area contributed by atoms with Crippen molar-refractivity contribution in [2.75, 3.05) is 12.4 Å². The maximum atomic E-state index is 5.61. The summed E-state index contributed by atoms with van der Waals surface area (Å²) in [4.78, 5) is 3.08. The fourth-order valence-electron chi connectivity index (χ4n) is 1.03. The molecule has 4 heteroatoms. The van der Waals surface area contributed by atoms with Crippen LogP contribution in [0.2, 0.25) is 5.22 Å². The molecule has 0 saturated heterocycles. The minimum atomic E-state index is 0.411. The van der Waals surface area contributed by atoms with Gasteiger partial charge in [-0.05, 0) is 11.6 Å². The molecule has 11 heavy (non-hydrogen) atoms. The van der Waals surface area contributed by atoms with E-state index < -0.39 is 0 Å². The first kappa shape index (κ1) is 6.61. The molecule has 0 unspecified atom stereocenters. The molecule has 0 amide bonds. The Balaban J connectivity index is 2.64. The quantitative estimate of drug-likeness (QED) is 0.690. The molecule has 0 spiro atoms. The highest BCUT2D eigenvalue weighted by atomic mass is 35.5. The maximum Gasteiger partial charge on any atom is 0.196 e. The predicted octanol–water partition coefficient (Wildman–Crippen LogP) is 2.46. The van der Waals surface area contributed by atoms with E-state index >= 15 is 0 Å². The summed E-state index contributed by atoms with van der Waals surface area (Å²) in [6, 6.07) is 3.61. The molecule has 0 radical (unpaired) electrons. The van der Waals surface area contributed by atoms with Crippen LogP contribution in [0.25, 0.3) is 11.1 Å². The Kier molecular flexibility index (Phi) is 1.32. The molecule has 2 aromatic rings. The molecule has 2 aromatic heterocycles. The number of rotatable bonds is 1. The molecule has 2 heterocycles. The second-order valence-corrected chi connectivity index (χ2v) is 2.63. The van der Waals surface area contributed by atoms with E-state index in [1.807, 2.05) is 13.1 Å². The number of hydrogen-bond donors (Lipinski definition) is 2. The zero-order valence-electron chi connectivity index (χ0n) is 5.94. The Hall–Kier alpha value is -1.09. The minimum Gasteiger partial charge on any atom is -0.443 e. The van der Waals surface area contributed by atoms with E-state index in [9.17, 15) is 0 Å². The van der Waals surface area contributed by atoms with Crippen LogP contribution in [0, 0.1) is 0 Å². The van der Waals surface area contributed by atoms with Crippen molar-refractivity contribution in [3.8, 4) is 0 Å². The monoisotopic (exact) mass is 170 g/mol. The van der Waals surface area contributed by atoms with Crippen molar-refractivity contribution in [3.05, 3.63) is 17.4 Å². The lowest BCUT2D eigenvalue weighted by molar-refractivity contribution is 0.618. The number of furan rings is 1. The van der Waals surface area contributed by atoms with Crippen LogP contribution < -0.4 is 5.32 Å². The van der Waals surface area contributed by atoms with Gasteiger partial charge in [0.25, 0.3) is 0 Å². The lowest BCUT2D eigenvalue weighted by Crippen LogP contribution is -1.85. The summed E-state index contributed by atoms with van der Waals surface area (Å²) in [5, 5.41) is 3.37. The molecule has 2 rings (SSSR count). The summed E-state index contributed by atoms with van der Waals surface area (Å²) < 4.78 is 5.14. The Bertz CT molecular complexity index is 345. The van der Waals surface area contributed by atoms with Gasteiger partial charge in [0.2, 0.25) is 0 Å². The summed E-state index contributed by atoms with van der Waals surface area (Å²) in [7, 11) is 1.84. The van der Waals surface area contributed by atoms with Crippen LogP contribution in [-0.4, -0.2) is 12.0 Å². The molecule has 0 aromatic carbocycles. The Labute approximate surface area is 68.3 Å². The average Bonchev–Trinajstić information content (AvgIpc) is 2.43. The maximum absolute atomic E-state index is 5.61. The number of aromatic amines is 1. The van der Waals surface area contributed by atoms with E-state index in [-0.39, 0.29) is 0 Å². The first-order chi connectivity index (χ1) is 5.29. The highest BCUT2D eigenvalue weighted by molar-refractivity contribution is 6.29. The highest BCUT2D eigenvalue weighted by Gasteiger charge is 2.03. The van der Waals surface area contributed by atoms with Crippen molar-refractivity contribution >= 4 is 28.5 Å². The van der Waals surface area contributed by atoms with Crippen LogP contribution in [0.4, 0.5) is 5.82 Å². The molecule has 0 aliphatic heterocycles. The third-order valence-corrected chi connectivity index (χ3v) is 1.73. The standard InChI is InChI=1S/C7H7ClN2O/c1-9-7-3-5-4(10-7)2-6(8)11-5/h2-3,9-10H,1H3. The van der Waals surface area contributed by atoms with Crippen LogP contribution >= 0.6 is 11.6 Å². The summed E-state index contributed by atoms with van der Waals surface area (Å²) in [6.45, 7) is 0. The Morgan fingerprint density at radius 1 is 1.55 bits per heavy atom. The van der Waals surface area contributed by atoms with Gasteiger partial charge in [-0.3, -0.25) is 0 Å². The molecule has 0 atom stereocenters. The molecule has 58 valence electrons. The molecule has 3 nitrogen and oxygen atoms in total. The van der Waals surface area contributed by atoms with E-state index in [0.29, 0.717) is 5.22 Å². The first-order valence-electron chi connectivity index (χ1n) is 3.25. The van der Waals surface area contributed by atoms with E-state index in [1.54, 1.807) is 6.07 Å². The Morgan fingerprint density at radius 2 is 2.36 bits per heavy atom. The third-order valence-electron chi connectivity index (χ3n) is 1.54. The fourth-order valence-corrected chi connectivity index (χ4v) is 1.22. The molecule has 0 fully saturated rings. The predicted molar refractivity (Wildman–Crippen MR) is 45.1 cm³/mol. The summed E-state index contributed by atoms with van der Waals surface area (Å²) in [5.41, 5.74) is 1.69. The van der Waals surface area contributed by atoms with Gasteiger partial charge in [-0.15, -0.1) is 0 Å². The van der Waals surface area contributed by atoms with Gasteiger partial charge >= 0.3 is 0 Å². The molecule has 0 bridgehead atoms. The first-order valence-corrected chi connectivity index (χ1v) is 3.63. The molecule has 0 aliphatic carbocycles. The van der Waals surface area contributed by atoms with Gasteiger partial charge in [0.15, 0.2) is 10.8 Å². The molecular weight excluding hydrogens is 164 g/mol. The van der Waals surface area contributed by atoms with Crippen molar-refractivity contribution in [2.45, 2.75) is 0 Å². The highest BCUT2D eigenvalue weighted by Crippen LogP contribution is 2.24. The van der Waals surface area contributed by atoms with Crippen LogP contribution in [-0.2, 0) is 0 Å². The minimum absolute atomic E-state index is 0.411. The fraction of sp³-hybridized carbons (Fsp3) is 0.143. The van der Waals surface area contributed by atoms with Crippen molar-refractivity contribution < 1.29 is 4.42 Å². The third kappa shape index (κ3) is 0.973.